The van der Waals surface area contributed by atoms with E-state index >= 15 is 0 Å². The highest BCUT2D eigenvalue weighted by Gasteiger charge is 2.20. The number of benzene rings is 1. The van der Waals surface area contributed by atoms with Gasteiger partial charge in [0.25, 0.3) is 0 Å². The summed E-state index contributed by atoms with van der Waals surface area (Å²) < 4.78 is 2.09. The first-order valence-electron chi connectivity index (χ1n) is 8.89. The molecule has 0 aliphatic rings. The number of pyridine rings is 1. The van der Waals surface area contributed by atoms with Gasteiger partial charge >= 0.3 is 0 Å². The van der Waals surface area contributed by atoms with Crippen molar-refractivity contribution in [2.45, 2.75) is 39.3 Å². The number of aromatic nitrogens is 4. The molecule has 0 saturated heterocycles. The zero-order valence-corrected chi connectivity index (χ0v) is 16.9. The first kappa shape index (κ1) is 19.1. The number of thioether (sulfide) groups is 1. The second kappa shape index (κ2) is 7.93. The highest BCUT2D eigenvalue weighted by atomic mass is 32.2. The van der Waals surface area contributed by atoms with Gasteiger partial charge in [-0.15, -0.1) is 10.2 Å². The molecule has 3 aromatic rings. The Labute approximate surface area is 164 Å². The molecule has 0 fully saturated rings. The van der Waals surface area contributed by atoms with Gasteiger partial charge in [-0.2, -0.15) is 5.26 Å². The van der Waals surface area contributed by atoms with Crippen molar-refractivity contribution in [2.24, 2.45) is 5.41 Å². The van der Waals surface area contributed by atoms with Crippen LogP contribution in [0.2, 0.25) is 0 Å². The van der Waals surface area contributed by atoms with E-state index in [0.29, 0.717) is 0 Å². The topological polar surface area (TPSA) is 67.4 Å². The van der Waals surface area contributed by atoms with Crippen LogP contribution in [0.15, 0.2) is 47.9 Å². The van der Waals surface area contributed by atoms with Crippen molar-refractivity contribution in [3.63, 3.8) is 0 Å². The molecule has 0 saturated carbocycles. The molecule has 27 heavy (non-hydrogen) atoms. The van der Waals surface area contributed by atoms with E-state index in [1.54, 1.807) is 24.2 Å². The molecule has 2 heterocycles. The lowest BCUT2D eigenvalue weighted by Gasteiger charge is -2.15. The second-order valence-electron chi connectivity index (χ2n) is 7.24. The minimum atomic E-state index is -0.341. The van der Waals surface area contributed by atoms with E-state index in [2.05, 4.69) is 57.9 Å². The molecule has 0 unspecified atom stereocenters. The van der Waals surface area contributed by atoms with E-state index in [9.17, 15) is 5.26 Å². The molecule has 0 spiro atoms. The van der Waals surface area contributed by atoms with Crippen LogP contribution in [0.5, 0.6) is 0 Å². The molecule has 138 valence electrons. The molecule has 0 bridgehead atoms. The first-order chi connectivity index (χ1) is 12.9. The summed E-state index contributed by atoms with van der Waals surface area (Å²) in [5, 5.41) is 19.0. The Kier molecular flexibility index (Phi) is 5.62. The highest BCUT2D eigenvalue weighted by molar-refractivity contribution is 7.99. The fourth-order valence-corrected chi connectivity index (χ4v) is 3.82. The van der Waals surface area contributed by atoms with Crippen LogP contribution in [-0.2, 0) is 0 Å². The van der Waals surface area contributed by atoms with Crippen LogP contribution in [0.4, 0.5) is 0 Å². The summed E-state index contributed by atoms with van der Waals surface area (Å²) in [5.74, 6) is 1.60. The Morgan fingerprint density at radius 3 is 2.48 bits per heavy atom. The average molecular weight is 378 g/mol. The van der Waals surface area contributed by atoms with E-state index in [4.69, 9.17) is 0 Å². The molecule has 6 heteroatoms. The Balaban J connectivity index is 2.00. The summed E-state index contributed by atoms with van der Waals surface area (Å²) in [6, 6.07) is 12.6. The summed E-state index contributed by atoms with van der Waals surface area (Å²) in [6.07, 6.45) is 4.31. The second-order valence-corrected chi connectivity index (χ2v) is 8.30. The fourth-order valence-electron chi connectivity index (χ4n) is 2.60. The molecule has 0 atom stereocenters. The van der Waals surface area contributed by atoms with Gasteiger partial charge in [-0.05, 0) is 69.5 Å². The number of hydrogen-bond donors (Lipinski definition) is 0. The predicted octanol–water partition coefficient (Wildman–Crippen LogP) is 4.98. The number of aryl methyl sites for hydroxylation is 2. The summed E-state index contributed by atoms with van der Waals surface area (Å²) in [7, 11) is 0. The quantitative estimate of drug-likeness (QED) is 0.567. The molecule has 0 amide bonds. The van der Waals surface area contributed by atoms with Crippen LogP contribution >= 0.6 is 11.8 Å². The molecular formula is C21H23N5S. The van der Waals surface area contributed by atoms with Crippen molar-refractivity contribution in [1.29, 1.82) is 5.26 Å². The fraction of sp³-hybridized carbons (Fsp3) is 0.333. The third-order valence-electron chi connectivity index (χ3n) is 4.58. The Bertz CT molecular complexity index is 970. The Hall–Kier alpha value is -2.65. The Morgan fingerprint density at radius 1 is 1.07 bits per heavy atom. The maximum atomic E-state index is 9.23. The van der Waals surface area contributed by atoms with Gasteiger partial charge in [0.15, 0.2) is 11.0 Å². The minimum absolute atomic E-state index is 0.341. The first-order valence-corrected chi connectivity index (χ1v) is 9.87. The number of hydrogen-bond acceptors (Lipinski definition) is 5. The van der Waals surface area contributed by atoms with Gasteiger partial charge in [-0.25, -0.2) is 0 Å². The van der Waals surface area contributed by atoms with E-state index in [0.717, 1.165) is 34.4 Å². The van der Waals surface area contributed by atoms with Gasteiger partial charge in [-0.1, -0.05) is 17.8 Å². The van der Waals surface area contributed by atoms with Gasteiger partial charge in [0.2, 0.25) is 0 Å². The molecule has 1 aromatic carbocycles. The van der Waals surface area contributed by atoms with Crippen molar-refractivity contribution in [1.82, 2.24) is 19.7 Å². The SMILES string of the molecule is Cc1ccc(-n2c(SCCC(C)(C)C#N)nnc2-c2ccncc2)cc1C. The van der Waals surface area contributed by atoms with Crippen molar-refractivity contribution in [3.05, 3.63) is 53.9 Å². The lowest BCUT2D eigenvalue weighted by molar-refractivity contribution is 0.482. The van der Waals surface area contributed by atoms with E-state index in [1.807, 2.05) is 26.0 Å². The molecule has 0 N–H and O–H groups in total. The van der Waals surface area contributed by atoms with Gasteiger partial charge < -0.3 is 0 Å². The number of rotatable bonds is 6. The summed E-state index contributed by atoms with van der Waals surface area (Å²) in [4.78, 5) is 4.10. The van der Waals surface area contributed by atoms with Crippen LogP contribution in [0.25, 0.3) is 17.1 Å². The lowest BCUT2D eigenvalue weighted by atomic mass is 9.93. The van der Waals surface area contributed by atoms with Crippen LogP contribution < -0.4 is 0 Å². The van der Waals surface area contributed by atoms with E-state index < -0.39 is 0 Å². The lowest BCUT2D eigenvalue weighted by Crippen LogP contribution is -2.09. The van der Waals surface area contributed by atoms with Gasteiger partial charge in [0.05, 0.1) is 17.2 Å². The summed E-state index contributed by atoms with van der Waals surface area (Å²) >= 11 is 1.63. The third-order valence-corrected chi connectivity index (χ3v) is 5.51. The molecular weight excluding hydrogens is 354 g/mol. The van der Waals surface area contributed by atoms with Crippen molar-refractivity contribution >= 4 is 11.8 Å². The molecule has 0 aliphatic carbocycles. The minimum Gasteiger partial charge on any atom is -0.270 e. The van der Waals surface area contributed by atoms with Gasteiger partial charge in [0.1, 0.15) is 0 Å². The van der Waals surface area contributed by atoms with Crippen molar-refractivity contribution in [3.8, 4) is 23.1 Å². The van der Waals surface area contributed by atoms with Crippen LogP contribution in [0.3, 0.4) is 0 Å². The monoisotopic (exact) mass is 377 g/mol. The third kappa shape index (κ3) is 4.37. The molecule has 0 aliphatic heterocycles. The highest BCUT2D eigenvalue weighted by Crippen LogP contribution is 2.31. The number of nitriles is 1. The van der Waals surface area contributed by atoms with Crippen LogP contribution in [-0.4, -0.2) is 25.5 Å². The van der Waals surface area contributed by atoms with E-state index in [-0.39, 0.29) is 5.41 Å². The Morgan fingerprint density at radius 2 is 1.81 bits per heavy atom. The zero-order chi connectivity index (χ0) is 19.4. The van der Waals surface area contributed by atoms with E-state index in [1.165, 1.54) is 11.1 Å². The maximum absolute atomic E-state index is 9.23. The van der Waals surface area contributed by atoms with Crippen LogP contribution in [0, 0.1) is 30.6 Å². The van der Waals surface area contributed by atoms with Gasteiger partial charge in [-0.3, -0.25) is 9.55 Å². The zero-order valence-electron chi connectivity index (χ0n) is 16.1. The molecule has 0 radical (unpaired) electrons. The largest absolute Gasteiger partial charge is 0.270 e. The molecule has 2 aromatic heterocycles. The van der Waals surface area contributed by atoms with Crippen molar-refractivity contribution in [2.75, 3.05) is 5.75 Å². The summed E-state index contributed by atoms with van der Waals surface area (Å²) in [5.41, 5.74) is 4.15. The average Bonchev–Trinajstić information content (AvgIpc) is 3.08. The van der Waals surface area contributed by atoms with Crippen molar-refractivity contribution < 1.29 is 0 Å². The molecule has 5 nitrogen and oxygen atoms in total. The number of nitrogens with zero attached hydrogens (tertiary/aromatic N) is 5. The molecule has 3 rings (SSSR count). The smallest absolute Gasteiger partial charge is 0.196 e. The van der Waals surface area contributed by atoms with Gasteiger partial charge in [0, 0.05) is 23.7 Å². The summed E-state index contributed by atoms with van der Waals surface area (Å²) in [6.45, 7) is 8.14. The normalized spacial score (nSPS) is 11.4. The maximum Gasteiger partial charge on any atom is 0.196 e. The predicted molar refractivity (Wildman–Crippen MR) is 109 cm³/mol. The standard InChI is InChI=1S/C21H23N5S/c1-15-5-6-18(13-16(15)2)26-19(17-7-10-23-11-8-17)24-25-20(26)27-12-9-21(3,4)14-22/h5-8,10-11,13H,9,12H2,1-4H3. The van der Waals surface area contributed by atoms with Crippen LogP contribution in [0.1, 0.15) is 31.4 Å².